The number of nitrogens with zero attached hydrogens (tertiary/aromatic N) is 5. The number of rotatable bonds is 16. The average molecular weight is 713 g/mol. The van der Waals surface area contributed by atoms with Crippen LogP contribution in [0.2, 0.25) is 0 Å². The summed E-state index contributed by atoms with van der Waals surface area (Å²) >= 11 is 1.41. The highest BCUT2D eigenvalue weighted by Crippen LogP contribution is 2.24. The third kappa shape index (κ3) is 9.50. The normalized spacial score (nSPS) is 15.9. The SMILES string of the molecule is Cc1nc(CN2C(=O)CN([C@@H](C(=O)N[C@@H](Cc3ccccc3)C(O)CN(CC(C)C)S(=O)(=O)c3ccc(/C=N/O)cc3)C(C)C)C2=O)cs1. The van der Waals surface area contributed by atoms with E-state index in [1.54, 1.807) is 19.2 Å². The zero-order valence-corrected chi connectivity index (χ0v) is 29.9. The molecule has 1 aliphatic rings. The second-order valence-corrected chi connectivity index (χ2v) is 15.8. The van der Waals surface area contributed by atoms with Crippen LogP contribution in [0.4, 0.5) is 4.79 Å². The van der Waals surface area contributed by atoms with Crippen LogP contribution in [0.1, 0.15) is 49.5 Å². The van der Waals surface area contributed by atoms with Gasteiger partial charge in [-0.2, -0.15) is 4.31 Å². The molecule has 1 aromatic heterocycles. The van der Waals surface area contributed by atoms with E-state index in [1.807, 2.05) is 51.1 Å². The number of thiazole rings is 1. The lowest BCUT2D eigenvalue weighted by Gasteiger charge is -2.34. The Morgan fingerprint density at radius 1 is 1.08 bits per heavy atom. The number of sulfonamides is 1. The summed E-state index contributed by atoms with van der Waals surface area (Å²) in [5, 5.41) is 29.0. The highest BCUT2D eigenvalue weighted by atomic mass is 32.2. The van der Waals surface area contributed by atoms with Gasteiger partial charge >= 0.3 is 6.03 Å². The summed E-state index contributed by atoms with van der Waals surface area (Å²) in [6, 6.07) is 12.4. The molecule has 4 amide bonds. The van der Waals surface area contributed by atoms with E-state index in [1.165, 1.54) is 51.0 Å². The Labute approximate surface area is 291 Å². The quantitative estimate of drug-likeness (QED) is 0.0877. The molecule has 0 radical (unpaired) electrons. The van der Waals surface area contributed by atoms with Crippen LogP contribution in [0, 0.1) is 18.8 Å². The minimum absolute atomic E-state index is 0.00179. The van der Waals surface area contributed by atoms with Gasteiger partial charge in [-0.25, -0.2) is 18.2 Å². The van der Waals surface area contributed by atoms with Gasteiger partial charge in [0, 0.05) is 18.5 Å². The largest absolute Gasteiger partial charge is 0.411 e. The number of oxime groups is 1. The number of imide groups is 1. The lowest BCUT2D eigenvalue weighted by Crippen LogP contribution is -2.57. The lowest BCUT2D eigenvalue weighted by atomic mass is 9.97. The lowest BCUT2D eigenvalue weighted by molar-refractivity contribution is -0.129. The smallest absolute Gasteiger partial charge is 0.328 e. The number of nitrogens with one attached hydrogen (secondary N) is 1. The molecule has 3 N–H and O–H groups in total. The Kier molecular flexibility index (Phi) is 12.7. The maximum Gasteiger partial charge on any atom is 0.328 e. The van der Waals surface area contributed by atoms with Crippen LogP contribution in [0.15, 0.2) is 70.0 Å². The van der Waals surface area contributed by atoms with E-state index in [0.717, 1.165) is 15.5 Å². The van der Waals surface area contributed by atoms with Crippen molar-refractivity contribution in [3.63, 3.8) is 0 Å². The van der Waals surface area contributed by atoms with Crippen LogP contribution >= 0.6 is 11.3 Å². The number of urea groups is 1. The summed E-state index contributed by atoms with van der Waals surface area (Å²) in [7, 11) is -4.09. The van der Waals surface area contributed by atoms with Gasteiger partial charge in [0.05, 0.1) is 40.5 Å². The Bertz CT molecular complexity index is 1730. The fourth-order valence-corrected chi connectivity index (χ4v) is 7.98. The molecular weight excluding hydrogens is 669 g/mol. The van der Waals surface area contributed by atoms with E-state index >= 15 is 0 Å². The van der Waals surface area contributed by atoms with E-state index in [9.17, 15) is 27.9 Å². The van der Waals surface area contributed by atoms with Crippen LogP contribution in [0.25, 0.3) is 0 Å². The van der Waals surface area contributed by atoms with Crippen LogP contribution in [-0.4, -0.2) is 99.7 Å². The monoisotopic (exact) mass is 712 g/mol. The van der Waals surface area contributed by atoms with Gasteiger partial charge in [0.1, 0.15) is 12.6 Å². The fraction of sp³-hybridized carbons (Fsp3) is 0.441. The predicted molar refractivity (Wildman–Crippen MR) is 186 cm³/mol. The first-order chi connectivity index (χ1) is 23.2. The van der Waals surface area contributed by atoms with Crippen molar-refractivity contribution in [3.05, 3.63) is 81.8 Å². The number of benzene rings is 2. The number of hydrogen-bond donors (Lipinski definition) is 3. The van der Waals surface area contributed by atoms with Crippen LogP contribution in [0.3, 0.4) is 0 Å². The zero-order chi connectivity index (χ0) is 35.9. The molecule has 13 nitrogen and oxygen atoms in total. The molecule has 0 saturated carbocycles. The van der Waals surface area contributed by atoms with Crippen molar-refractivity contribution < 1.29 is 33.1 Å². The first-order valence-electron chi connectivity index (χ1n) is 16.0. The van der Waals surface area contributed by atoms with Crippen molar-refractivity contribution >= 4 is 45.4 Å². The minimum Gasteiger partial charge on any atom is -0.411 e. The maximum atomic E-state index is 14.0. The number of amides is 4. The fourth-order valence-electron chi connectivity index (χ4n) is 5.76. The molecule has 3 aromatic rings. The number of aromatic nitrogens is 1. The summed E-state index contributed by atoms with van der Waals surface area (Å²) in [6.45, 7) is 8.57. The van der Waals surface area contributed by atoms with Crippen LogP contribution in [0.5, 0.6) is 0 Å². The molecule has 0 aliphatic carbocycles. The van der Waals surface area contributed by atoms with Crippen molar-refractivity contribution in [2.45, 2.75) is 70.7 Å². The van der Waals surface area contributed by atoms with Crippen LogP contribution < -0.4 is 5.32 Å². The summed E-state index contributed by atoms with van der Waals surface area (Å²) in [5.74, 6) is -1.50. The molecule has 0 spiro atoms. The number of carbonyl (C=O) groups excluding carboxylic acids is 3. The van der Waals surface area contributed by atoms with Gasteiger partial charge < -0.3 is 20.5 Å². The highest BCUT2D eigenvalue weighted by Gasteiger charge is 2.44. The number of aryl methyl sites for hydroxylation is 1. The maximum absolute atomic E-state index is 14.0. The zero-order valence-electron chi connectivity index (χ0n) is 28.3. The van der Waals surface area contributed by atoms with E-state index in [4.69, 9.17) is 5.21 Å². The van der Waals surface area contributed by atoms with Crippen molar-refractivity contribution in [1.82, 2.24) is 24.4 Å². The molecule has 49 heavy (non-hydrogen) atoms. The van der Waals surface area contributed by atoms with Gasteiger partial charge in [0.2, 0.25) is 15.9 Å². The van der Waals surface area contributed by atoms with Crippen molar-refractivity contribution in [2.75, 3.05) is 19.6 Å². The molecule has 1 aliphatic heterocycles. The first kappa shape index (κ1) is 37.6. The molecule has 1 fully saturated rings. The minimum atomic E-state index is -4.09. The Balaban J connectivity index is 1.59. The van der Waals surface area contributed by atoms with Gasteiger partial charge in [-0.05, 0) is 48.4 Å². The van der Waals surface area contributed by atoms with E-state index in [2.05, 4.69) is 15.5 Å². The molecule has 1 unspecified atom stereocenters. The van der Waals surface area contributed by atoms with Crippen molar-refractivity contribution in [1.29, 1.82) is 0 Å². The topological polar surface area (TPSA) is 173 Å². The van der Waals surface area contributed by atoms with Gasteiger partial charge in [0.25, 0.3) is 5.91 Å². The van der Waals surface area contributed by atoms with Crippen LogP contribution in [-0.2, 0) is 32.6 Å². The third-order valence-corrected chi connectivity index (χ3v) is 10.7. The molecule has 2 heterocycles. The first-order valence-corrected chi connectivity index (χ1v) is 18.3. The molecule has 3 atom stereocenters. The van der Waals surface area contributed by atoms with Gasteiger partial charge in [-0.15, -0.1) is 11.3 Å². The number of aliphatic hydroxyl groups is 1. The van der Waals surface area contributed by atoms with E-state index in [-0.39, 0.29) is 43.4 Å². The number of hydrogen-bond acceptors (Lipinski definition) is 10. The van der Waals surface area contributed by atoms with Gasteiger partial charge in [-0.3, -0.25) is 14.5 Å². The molecule has 264 valence electrons. The van der Waals surface area contributed by atoms with Gasteiger partial charge in [-0.1, -0.05) is 75.3 Å². The predicted octanol–water partition coefficient (Wildman–Crippen LogP) is 3.48. The standard InChI is InChI=1S/C34H44N6O7S2/c1-22(2)17-38(49(46,47)28-13-11-26(12-14-28)16-35-45)19-30(41)29(15-25-9-7-6-8-10-25)37-33(43)32(23(3)4)40-20-31(42)39(34(40)44)18-27-21-48-24(5)36-27/h6-14,16,21-23,29-30,32,41,45H,15,17-20H2,1-5H3,(H,37,43)/b35-16+/t29-,30?,32+/m0/s1. The molecule has 2 aromatic carbocycles. The second-order valence-electron chi connectivity index (χ2n) is 12.8. The van der Waals surface area contributed by atoms with E-state index in [0.29, 0.717) is 11.3 Å². The third-order valence-electron chi connectivity index (χ3n) is 8.08. The molecule has 15 heteroatoms. The number of carbonyl (C=O) groups is 3. The van der Waals surface area contributed by atoms with E-state index < -0.39 is 52.0 Å². The van der Waals surface area contributed by atoms with Crippen molar-refractivity contribution in [2.24, 2.45) is 17.0 Å². The average Bonchev–Trinajstić information content (AvgIpc) is 3.58. The summed E-state index contributed by atoms with van der Waals surface area (Å²) in [5.41, 5.74) is 1.88. The molecular formula is C34H44N6O7S2. The Morgan fingerprint density at radius 3 is 2.33 bits per heavy atom. The second kappa shape index (κ2) is 16.5. The Hall–Kier alpha value is -4.18. The number of aliphatic hydroxyl groups excluding tert-OH is 1. The highest BCUT2D eigenvalue weighted by molar-refractivity contribution is 7.89. The summed E-state index contributed by atoms with van der Waals surface area (Å²) in [4.78, 5) is 47.2. The molecule has 0 bridgehead atoms. The van der Waals surface area contributed by atoms with Crippen molar-refractivity contribution in [3.8, 4) is 0 Å². The summed E-state index contributed by atoms with van der Waals surface area (Å²) < 4.78 is 28.9. The Morgan fingerprint density at radius 2 is 1.76 bits per heavy atom. The summed E-state index contributed by atoms with van der Waals surface area (Å²) in [6.07, 6.45) is -0.00409. The molecule has 4 rings (SSSR count). The molecule has 1 saturated heterocycles. The van der Waals surface area contributed by atoms with Gasteiger partial charge in [0.15, 0.2) is 0 Å².